The number of carbonyl (C=O) groups is 2. The van der Waals surface area contributed by atoms with Gasteiger partial charge in [-0.05, 0) is 112 Å². The zero-order valence-corrected chi connectivity index (χ0v) is 33.7. The first-order valence-corrected chi connectivity index (χ1v) is 22.7. The summed E-state index contributed by atoms with van der Waals surface area (Å²) in [5, 5.41) is 0. The zero-order chi connectivity index (χ0) is 37.5. The number of ether oxygens (including phenoxy) is 2. The summed E-state index contributed by atoms with van der Waals surface area (Å²) in [7, 11) is 0. The van der Waals surface area contributed by atoms with Crippen molar-refractivity contribution in [1.82, 2.24) is 9.80 Å². The van der Waals surface area contributed by atoms with Gasteiger partial charge in [-0.2, -0.15) is 0 Å². The first-order valence-electron chi connectivity index (χ1n) is 22.7. The molecule has 7 nitrogen and oxygen atoms in total. The van der Waals surface area contributed by atoms with E-state index in [4.69, 9.17) is 15.2 Å². The summed E-state index contributed by atoms with van der Waals surface area (Å²) in [6.45, 7) is 9.84. The minimum Gasteiger partial charge on any atom is -0.449 e. The van der Waals surface area contributed by atoms with Crippen molar-refractivity contribution >= 4 is 11.9 Å². The van der Waals surface area contributed by atoms with Crippen LogP contribution in [0.1, 0.15) is 138 Å². The molecule has 2 N–H and O–H groups in total. The fourth-order valence-corrected chi connectivity index (χ4v) is 14.5. The maximum Gasteiger partial charge on any atom is 0.339 e. The van der Waals surface area contributed by atoms with Crippen LogP contribution in [0.15, 0.2) is 53.5 Å². The molecular weight excluding hydrogens is 683 g/mol. The van der Waals surface area contributed by atoms with Crippen LogP contribution in [0.25, 0.3) is 0 Å². The molecule has 9 unspecified atom stereocenters. The minimum atomic E-state index is -0.931. The molecule has 0 radical (unpaired) electrons. The number of allylic oxidation sites excluding steroid dienone is 2. The summed E-state index contributed by atoms with van der Waals surface area (Å²) in [6, 6.07) is 6.77. The summed E-state index contributed by atoms with van der Waals surface area (Å²) in [6.07, 6.45) is 26.2. The molecule has 8 aliphatic heterocycles. The van der Waals surface area contributed by atoms with Crippen LogP contribution in [0.5, 0.6) is 0 Å². The molecule has 9 atom stereocenters. The summed E-state index contributed by atoms with van der Waals surface area (Å²) in [4.78, 5) is 35.2. The summed E-state index contributed by atoms with van der Waals surface area (Å²) in [5.74, 6) is 3.43. The highest BCUT2D eigenvalue weighted by atomic mass is 16.6. The molecule has 2 spiro atoms. The van der Waals surface area contributed by atoms with Crippen molar-refractivity contribution in [1.29, 1.82) is 0 Å². The molecule has 0 amide bonds. The maximum absolute atomic E-state index is 15.1. The highest BCUT2D eigenvalue weighted by Crippen LogP contribution is 2.84. The van der Waals surface area contributed by atoms with E-state index in [-0.39, 0.29) is 17.9 Å². The Labute approximate surface area is 329 Å². The number of piperidine rings is 2. The molecule has 1 aromatic rings. The summed E-state index contributed by atoms with van der Waals surface area (Å²) < 4.78 is 13.8. The van der Waals surface area contributed by atoms with Crippen molar-refractivity contribution in [3.63, 3.8) is 0 Å². The van der Waals surface area contributed by atoms with E-state index >= 15 is 4.79 Å². The van der Waals surface area contributed by atoms with E-state index in [9.17, 15) is 4.79 Å². The van der Waals surface area contributed by atoms with Gasteiger partial charge >= 0.3 is 11.9 Å². The predicted octanol–water partition coefficient (Wildman–Crippen LogP) is 8.82. The monoisotopic (exact) mass is 747 g/mol. The molecule has 0 aromatic heterocycles. The van der Waals surface area contributed by atoms with Gasteiger partial charge in [0.2, 0.25) is 0 Å². The fraction of sp³-hybridized carbons (Fsp3) is 0.708. The van der Waals surface area contributed by atoms with Gasteiger partial charge in [-0.3, -0.25) is 9.69 Å². The lowest BCUT2D eigenvalue weighted by Gasteiger charge is -2.69. The molecule has 13 rings (SSSR count). The first kappa shape index (κ1) is 36.4. The molecule has 296 valence electrons. The van der Waals surface area contributed by atoms with Crippen LogP contribution in [0.2, 0.25) is 0 Å². The average molecular weight is 748 g/mol. The molecule has 55 heavy (non-hydrogen) atoms. The van der Waals surface area contributed by atoms with E-state index in [1.54, 1.807) is 0 Å². The van der Waals surface area contributed by atoms with E-state index in [1.165, 1.54) is 62.6 Å². The number of fused-ring (bicyclic) bond motifs is 2. The minimum absolute atomic E-state index is 0.105. The van der Waals surface area contributed by atoms with Crippen LogP contribution >= 0.6 is 0 Å². The Morgan fingerprint density at radius 2 is 1.76 bits per heavy atom. The third kappa shape index (κ3) is 5.26. The Morgan fingerprint density at radius 3 is 2.55 bits per heavy atom. The van der Waals surface area contributed by atoms with Crippen LogP contribution in [0.4, 0.5) is 0 Å². The lowest BCUT2D eigenvalue weighted by atomic mass is 9.31. The molecule has 1 aromatic carbocycles. The summed E-state index contributed by atoms with van der Waals surface area (Å²) >= 11 is 0. The summed E-state index contributed by atoms with van der Waals surface area (Å²) in [5.41, 5.74) is 9.17. The average Bonchev–Trinajstić information content (AvgIpc) is 3.63. The zero-order valence-electron chi connectivity index (χ0n) is 33.7. The van der Waals surface area contributed by atoms with E-state index in [0.29, 0.717) is 36.3 Å². The topological polar surface area (TPSA) is 85.1 Å². The second-order valence-corrected chi connectivity index (χ2v) is 19.7. The Bertz CT molecular complexity index is 1790. The lowest BCUT2D eigenvalue weighted by molar-refractivity contribution is -0.271. The number of hydrogen-bond donors (Lipinski definition) is 1. The smallest absolute Gasteiger partial charge is 0.339 e. The Hall–Kier alpha value is -2.90. The van der Waals surface area contributed by atoms with Gasteiger partial charge in [-0.15, -0.1) is 0 Å². The standard InChI is InChI=1S/C48H65N3O4/c1-3-9-41-46-26-36-21-22-47(46,48(41)39-14-7-12-35(13-8-23-49)43(39)44(52)55-48)42(54-45(46)53)20-18-37(17-16-32-10-5-4-6-11-32)50-27-33-25-34(28-50)30-51(29-33)40-19-15-31(2)24-38(36)40/h7,12,14,19-20,26,31-34,37-38,41H,3-6,8-11,13,15-18,21-25,27-30,49H2,1-2H3. The fourth-order valence-electron chi connectivity index (χ4n) is 14.5. The Kier molecular flexibility index (Phi) is 9.20. The Balaban J connectivity index is 1.15. The van der Waals surface area contributed by atoms with E-state index < -0.39 is 16.4 Å². The van der Waals surface area contributed by atoms with Crippen molar-refractivity contribution in [3.8, 4) is 0 Å². The predicted molar refractivity (Wildman–Crippen MR) is 215 cm³/mol. The van der Waals surface area contributed by atoms with Gasteiger partial charge in [0.1, 0.15) is 11.2 Å². The van der Waals surface area contributed by atoms with E-state index in [0.717, 1.165) is 112 Å². The van der Waals surface area contributed by atoms with Crippen molar-refractivity contribution in [2.75, 3.05) is 32.7 Å². The SMILES string of the molecule is CCCC1C23C=C4CCC2(C(=CCC(CCC2CCCCC2)N2CC5CC(CN(C5)C5=CCC(C)CC45)C2)OC3=O)C12OC(=O)c1c(CCCN)cccc12. The third-order valence-corrected chi connectivity index (χ3v) is 16.7. The molecule has 2 saturated carbocycles. The van der Waals surface area contributed by atoms with Crippen molar-refractivity contribution in [2.24, 2.45) is 52.1 Å². The van der Waals surface area contributed by atoms with Crippen LogP contribution in [0.3, 0.4) is 0 Å². The van der Waals surface area contributed by atoms with Crippen LogP contribution in [-0.4, -0.2) is 60.5 Å². The van der Waals surface area contributed by atoms with Gasteiger partial charge < -0.3 is 20.1 Å². The molecule has 7 heteroatoms. The van der Waals surface area contributed by atoms with Crippen molar-refractivity contribution < 1.29 is 19.1 Å². The van der Waals surface area contributed by atoms with Crippen molar-refractivity contribution in [3.05, 3.63) is 70.1 Å². The van der Waals surface area contributed by atoms with Gasteiger partial charge in [0.25, 0.3) is 0 Å². The Morgan fingerprint density at radius 1 is 0.945 bits per heavy atom. The molecular formula is C48H65N3O4. The molecule has 8 heterocycles. The number of nitrogens with zero attached hydrogens (tertiary/aromatic N) is 2. The molecule has 8 bridgehead atoms. The van der Waals surface area contributed by atoms with Crippen LogP contribution in [-0.2, 0) is 26.3 Å². The number of aryl methyl sites for hydroxylation is 1. The highest BCUT2D eigenvalue weighted by Gasteiger charge is 2.91. The van der Waals surface area contributed by atoms with Gasteiger partial charge in [0.05, 0.1) is 11.0 Å². The second kappa shape index (κ2) is 13.9. The first-order chi connectivity index (χ1) is 26.8. The number of rotatable bonds is 8. The number of benzene rings is 1. The van der Waals surface area contributed by atoms with Crippen molar-refractivity contribution in [2.45, 2.75) is 135 Å². The molecule has 3 saturated heterocycles. The largest absolute Gasteiger partial charge is 0.449 e. The van der Waals surface area contributed by atoms with Gasteiger partial charge in [-0.25, -0.2) is 4.79 Å². The van der Waals surface area contributed by atoms with Crippen LogP contribution < -0.4 is 5.73 Å². The normalized spacial score (nSPS) is 40.3. The van der Waals surface area contributed by atoms with Gasteiger partial charge in [-0.1, -0.05) is 88.3 Å². The highest BCUT2D eigenvalue weighted by molar-refractivity contribution is 5.99. The van der Waals surface area contributed by atoms with Gasteiger partial charge in [0, 0.05) is 55.3 Å². The number of carbonyl (C=O) groups excluding carboxylic acids is 2. The molecule has 12 aliphatic rings. The lowest BCUT2D eigenvalue weighted by Crippen LogP contribution is -2.75. The quantitative estimate of drug-likeness (QED) is 0.210. The second-order valence-electron chi connectivity index (χ2n) is 19.7. The maximum atomic E-state index is 15.1. The van der Waals surface area contributed by atoms with Crippen LogP contribution in [0, 0.1) is 46.3 Å². The third-order valence-electron chi connectivity index (χ3n) is 16.7. The van der Waals surface area contributed by atoms with E-state index in [1.807, 2.05) is 0 Å². The van der Waals surface area contributed by atoms with Gasteiger partial charge in [0.15, 0.2) is 5.60 Å². The molecule has 5 fully saturated rings. The number of nitrogens with two attached hydrogens (primary N) is 1. The van der Waals surface area contributed by atoms with E-state index in [2.05, 4.69) is 60.1 Å². The number of hydrogen-bond acceptors (Lipinski definition) is 7. The number of esters is 2. The molecule has 4 aliphatic carbocycles.